The molecule has 0 spiro atoms. The topological polar surface area (TPSA) is 65.8 Å². The molecule has 1 N–H and O–H groups in total. The molecule has 1 aliphatic heterocycles. The molecule has 1 aliphatic rings. The van der Waals surface area contributed by atoms with Gasteiger partial charge < -0.3 is 9.32 Å². The molecule has 0 bridgehead atoms. The van der Waals surface area contributed by atoms with Gasteiger partial charge in [-0.25, -0.2) is 17.5 Å². The zero-order valence-electron chi connectivity index (χ0n) is 16.4. The number of anilines is 1. The first-order valence-electron chi connectivity index (χ1n) is 9.85. The monoisotopic (exact) mass is 429 g/mol. The smallest absolute Gasteiger partial charge is 0.240 e. The minimum atomic E-state index is -3.75. The second-order valence-electron chi connectivity index (χ2n) is 7.20. The number of piperazine rings is 1. The summed E-state index contributed by atoms with van der Waals surface area (Å²) in [4.78, 5) is 4.58. The van der Waals surface area contributed by atoms with Crippen LogP contribution in [0.4, 0.5) is 10.1 Å². The van der Waals surface area contributed by atoms with Gasteiger partial charge in [-0.3, -0.25) is 4.90 Å². The van der Waals surface area contributed by atoms with E-state index in [0.717, 1.165) is 38.3 Å². The third kappa shape index (κ3) is 4.72. The molecule has 4 rings (SSSR count). The Bertz CT molecular complexity index is 1030. The lowest BCUT2D eigenvalue weighted by molar-refractivity contribution is 0.166. The minimum Gasteiger partial charge on any atom is -0.468 e. The van der Waals surface area contributed by atoms with E-state index < -0.39 is 15.8 Å². The molecule has 1 saturated heterocycles. The van der Waals surface area contributed by atoms with E-state index in [2.05, 4.69) is 26.7 Å². The van der Waals surface area contributed by atoms with E-state index >= 15 is 0 Å². The van der Waals surface area contributed by atoms with E-state index in [1.54, 1.807) is 12.3 Å². The SMILES string of the molecule is O=S(=O)(NC[C@@H](c1ccco1)N1CCN(c2ccccc2)CC1)c1ccc(F)cc1. The molecule has 6 nitrogen and oxygen atoms in total. The van der Waals surface area contributed by atoms with Crippen molar-refractivity contribution in [3.63, 3.8) is 0 Å². The fraction of sp³-hybridized carbons (Fsp3) is 0.273. The largest absolute Gasteiger partial charge is 0.468 e. The lowest BCUT2D eigenvalue weighted by Crippen LogP contribution is -2.49. The normalized spacial score (nSPS) is 16.5. The molecule has 1 atom stereocenters. The zero-order chi connectivity index (χ0) is 21.0. The molecular weight excluding hydrogens is 405 g/mol. The standard InChI is InChI=1S/C22H24FN3O3S/c23-18-8-10-20(11-9-18)30(27,28)24-17-21(22-7-4-16-29-22)26-14-12-25(13-15-26)19-5-2-1-3-6-19/h1-11,16,21,24H,12-15,17H2/t21-/m0/s1. The molecule has 1 aromatic heterocycles. The van der Waals surface area contributed by atoms with E-state index in [1.165, 1.54) is 17.8 Å². The molecule has 0 radical (unpaired) electrons. The summed E-state index contributed by atoms with van der Waals surface area (Å²) in [7, 11) is -3.75. The Morgan fingerprint density at radius 2 is 1.63 bits per heavy atom. The van der Waals surface area contributed by atoms with Gasteiger partial charge in [0.1, 0.15) is 11.6 Å². The van der Waals surface area contributed by atoms with Crippen LogP contribution < -0.4 is 9.62 Å². The molecule has 3 aromatic rings. The maximum atomic E-state index is 13.1. The number of rotatable bonds is 7. The molecule has 30 heavy (non-hydrogen) atoms. The molecule has 2 heterocycles. The highest BCUT2D eigenvalue weighted by Gasteiger charge is 2.28. The van der Waals surface area contributed by atoms with Gasteiger partial charge in [0, 0.05) is 38.4 Å². The summed E-state index contributed by atoms with van der Waals surface area (Å²) in [5.74, 6) is 0.240. The molecule has 0 aliphatic carbocycles. The molecule has 1 fully saturated rings. The van der Waals surface area contributed by atoms with Crippen LogP contribution in [-0.2, 0) is 10.0 Å². The van der Waals surface area contributed by atoms with E-state index in [0.29, 0.717) is 5.76 Å². The van der Waals surface area contributed by atoms with Gasteiger partial charge in [0.05, 0.1) is 17.2 Å². The van der Waals surface area contributed by atoms with E-state index in [-0.39, 0.29) is 17.5 Å². The van der Waals surface area contributed by atoms with Crippen molar-refractivity contribution < 1.29 is 17.2 Å². The van der Waals surface area contributed by atoms with E-state index in [1.807, 2.05) is 24.3 Å². The van der Waals surface area contributed by atoms with Crippen LogP contribution in [0.15, 0.2) is 82.3 Å². The number of benzene rings is 2. The van der Waals surface area contributed by atoms with Gasteiger partial charge in [-0.2, -0.15) is 0 Å². The summed E-state index contributed by atoms with van der Waals surface area (Å²) in [6.07, 6.45) is 1.59. The van der Waals surface area contributed by atoms with Crippen LogP contribution in [0.2, 0.25) is 0 Å². The number of halogens is 1. The van der Waals surface area contributed by atoms with Crippen molar-refractivity contribution >= 4 is 15.7 Å². The average molecular weight is 430 g/mol. The molecule has 8 heteroatoms. The molecule has 2 aromatic carbocycles. The third-order valence-corrected chi connectivity index (χ3v) is 6.78. The van der Waals surface area contributed by atoms with Gasteiger partial charge in [0.15, 0.2) is 0 Å². The predicted molar refractivity (Wildman–Crippen MR) is 113 cm³/mol. The lowest BCUT2D eigenvalue weighted by atomic mass is 10.1. The second kappa shape index (κ2) is 8.99. The summed E-state index contributed by atoms with van der Waals surface area (Å²) < 4.78 is 46.7. The van der Waals surface area contributed by atoms with Crippen LogP contribution in [-0.4, -0.2) is 46.0 Å². The Morgan fingerprint density at radius 1 is 0.933 bits per heavy atom. The van der Waals surface area contributed by atoms with Gasteiger partial charge in [-0.15, -0.1) is 0 Å². The van der Waals surface area contributed by atoms with Crippen molar-refractivity contribution in [1.82, 2.24) is 9.62 Å². The van der Waals surface area contributed by atoms with Gasteiger partial charge in [-0.1, -0.05) is 18.2 Å². The second-order valence-corrected chi connectivity index (χ2v) is 8.96. The number of sulfonamides is 1. The number of hydrogen-bond acceptors (Lipinski definition) is 5. The Balaban J connectivity index is 1.45. The van der Waals surface area contributed by atoms with Crippen molar-refractivity contribution in [1.29, 1.82) is 0 Å². The summed E-state index contributed by atoms with van der Waals surface area (Å²) in [6, 6.07) is 18.5. The Kier molecular flexibility index (Phi) is 6.17. The minimum absolute atomic E-state index is 0.0380. The summed E-state index contributed by atoms with van der Waals surface area (Å²) >= 11 is 0. The number of hydrogen-bond donors (Lipinski definition) is 1. The predicted octanol–water partition coefficient (Wildman–Crippen LogP) is 3.26. The third-order valence-electron chi connectivity index (χ3n) is 5.34. The molecular formula is C22H24FN3O3S. The number of furan rings is 1. The maximum absolute atomic E-state index is 13.1. The van der Waals surface area contributed by atoms with E-state index in [4.69, 9.17) is 4.42 Å². The van der Waals surface area contributed by atoms with Crippen LogP contribution in [0, 0.1) is 5.82 Å². The molecule has 0 amide bonds. The Labute approximate surface area is 176 Å². The van der Waals surface area contributed by atoms with Crippen molar-refractivity contribution in [3.05, 3.63) is 84.6 Å². The fourth-order valence-corrected chi connectivity index (χ4v) is 4.75. The average Bonchev–Trinajstić information content (AvgIpc) is 3.30. The first-order valence-corrected chi connectivity index (χ1v) is 11.3. The quantitative estimate of drug-likeness (QED) is 0.625. The van der Waals surface area contributed by atoms with Crippen molar-refractivity contribution in [3.8, 4) is 0 Å². The summed E-state index contributed by atoms with van der Waals surface area (Å²) in [5.41, 5.74) is 1.18. The van der Waals surface area contributed by atoms with Crippen LogP contribution in [0.3, 0.4) is 0 Å². The highest BCUT2D eigenvalue weighted by molar-refractivity contribution is 7.89. The fourth-order valence-electron chi connectivity index (χ4n) is 3.71. The van der Waals surface area contributed by atoms with Crippen LogP contribution >= 0.6 is 0 Å². The maximum Gasteiger partial charge on any atom is 0.240 e. The van der Waals surface area contributed by atoms with Gasteiger partial charge in [0.2, 0.25) is 10.0 Å². The molecule has 158 valence electrons. The lowest BCUT2D eigenvalue weighted by Gasteiger charge is -2.39. The summed E-state index contributed by atoms with van der Waals surface area (Å²) in [5, 5.41) is 0. The number of para-hydroxylation sites is 1. The van der Waals surface area contributed by atoms with Crippen LogP contribution in [0.25, 0.3) is 0 Å². The molecule has 0 unspecified atom stereocenters. The Morgan fingerprint density at radius 3 is 2.27 bits per heavy atom. The van der Waals surface area contributed by atoms with Crippen molar-refractivity contribution in [2.24, 2.45) is 0 Å². The Hall–Kier alpha value is -2.68. The van der Waals surface area contributed by atoms with E-state index in [9.17, 15) is 12.8 Å². The van der Waals surface area contributed by atoms with Crippen LogP contribution in [0.1, 0.15) is 11.8 Å². The highest BCUT2D eigenvalue weighted by Crippen LogP contribution is 2.25. The van der Waals surface area contributed by atoms with Gasteiger partial charge in [-0.05, 0) is 48.5 Å². The first-order chi connectivity index (χ1) is 14.5. The number of nitrogens with one attached hydrogen (secondary N) is 1. The highest BCUT2D eigenvalue weighted by atomic mass is 32.2. The van der Waals surface area contributed by atoms with Crippen molar-refractivity contribution in [2.45, 2.75) is 10.9 Å². The first kappa shape index (κ1) is 20.6. The molecule has 0 saturated carbocycles. The zero-order valence-corrected chi connectivity index (χ0v) is 17.3. The summed E-state index contributed by atoms with van der Waals surface area (Å²) in [6.45, 7) is 3.40. The van der Waals surface area contributed by atoms with Crippen molar-refractivity contribution in [2.75, 3.05) is 37.6 Å². The van der Waals surface area contributed by atoms with Crippen LogP contribution in [0.5, 0.6) is 0 Å². The van der Waals surface area contributed by atoms with Gasteiger partial charge in [0.25, 0.3) is 0 Å². The number of nitrogens with zero attached hydrogens (tertiary/aromatic N) is 2. The van der Waals surface area contributed by atoms with Gasteiger partial charge >= 0.3 is 0 Å².